The third kappa shape index (κ3) is 2.52. The van der Waals surface area contributed by atoms with E-state index in [1.54, 1.807) is 6.33 Å². The average Bonchev–Trinajstić information content (AvgIpc) is 2.85. The standard InChI is InChI=1S/C14H15N5S/c1-19-9-16-18-14(19)20-13-11(6-7-15)8-10-4-2-3-5-12(10)17-13/h2-5,8-9H,6-7,15H2,1H3. The van der Waals surface area contributed by atoms with Crippen LogP contribution in [-0.2, 0) is 13.5 Å². The van der Waals surface area contributed by atoms with Crippen molar-refractivity contribution in [1.82, 2.24) is 19.7 Å². The summed E-state index contributed by atoms with van der Waals surface area (Å²) in [6.07, 6.45) is 2.49. The Morgan fingerprint density at radius 2 is 2.15 bits per heavy atom. The second kappa shape index (κ2) is 5.60. The summed E-state index contributed by atoms with van der Waals surface area (Å²) in [5.74, 6) is 0. The highest BCUT2D eigenvalue weighted by molar-refractivity contribution is 7.99. The van der Waals surface area contributed by atoms with E-state index in [0.29, 0.717) is 6.54 Å². The molecule has 5 nitrogen and oxygen atoms in total. The fourth-order valence-electron chi connectivity index (χ4n) is 2.02. The predicted molar refractivity (Wildman–Crippen MR) is 79.6 cm³/mol. The smallest absolute Gasteiger partial charge is 0.197 e. The Morgan fingerprint density at radius 3 is 2.90 bits per heavy atom. The van der Waals surface area contributed by atoms with E-state index >= 15 is 0 Å². The molecule has 0 aliphatic heterocycles. The number of nitrogens with zero attached hydrogens (tertiary/aromatic N) is 4. The van der Waals surface area contributed by atoms with Crippen LogP contribution < -0.4 is 5.73 Å². The minimum atomic E-state index is 0.604. The molecular formula is C14H15N5S. The third-order valence-electron chi connectivity index (χ3n) is 3.03. The van der Waals surface area contributed by atoms with Crippen LogP contribution in [0.15, 0.2) is 46.8 Å². The first kappa shape index (κ1) is 13.1. The summed E-state index contributed by atoms with van der Waals surface area (Å²) in [6, 6.07) is 10.3. The van der Waals surface area contributed by atoms with Gasteiger partial charge in [0.25, 0.3) is 0 Å². The summed E-state index contributed by atoms with van der Waals surface area (Å²) >= 11 is 1.52. The molecule has 0 fully saturated rings. The van der Waals surface area contributed by atoms with E-state index in [1.165, 1.54) is 11.8 Å². The van der Waals surface area contributed by atoms with Crippen molar-refractivity contribution in [3.8, 4) is 0 Å². The fraction of sp³-hybridized carbons (Fsp3) is 0.214. The average molecular weight is 285 g/mol. The molecule has 0 aliphatic carbocycles. The van der Waals surface area contributed by atoms with Gasteiger partial charge in [0.05, 0.1) is 5.52 Å². The van der Waals surface area contributed by atoms with Crippen LogP contribution >= 0.6 is 11.8 Å². The Kier molecular flexibility index (Phi) is 3.66. The van der Waals surface area contributed by atoms with E-state index in [0.717, 1.165) is 33.1 Å². The first-order chi connectivity index (χ1) is 9.78. The van der Waals surface area contributed by atoms with Crippen molar-refractivity contribution in [2.24, 2.45) is 12.8 Å². The molecule has 20 heavy (non-hydrogen) atoms. The molecule has 3 aromatic rings. The summed E-state index contributed by atoms with van der Waals surface area (Å²) in [7, 11) is 1.92. The molecule has 102 valence electrons. The summed E-state index contributed by atoms with van der Waals surface area (Å²) in [6.45, 7) is 0.604. The number of benzene rings is 1. The molecule has 2 N–H and O–H groups in total. The number of fused-ring (bicyclic) bond motifs is 1. The highest BCUT2D eigenvalue weighted by Crippen LogP contribution is 2.29. The molecule has 0 atom stereocenters. The minimum absolute atomic E-state index is 0.604. The molecule has 0 saturated heterocycles. The zero-order chi connectivity index (χ0) is 13.9. The lowest BCUT2D eigenvalue weighted by molar-refractivity contribution is 0.786. The van der Waals surface area contributed by atoms with Gasteiger partial charge >= 0.3 is 0 Å². The molecule has 0 unspecified atom stereocenters. The van der Waals surface area contributed by atoms with Crippen molar-refractivity contribution in [1.29, 1.82) is 0 Å². The van der Waals surface area contributed by atoms with Gasteiger partial charge in [-0.2, -0.15) is 0 Å². The lowest BCUT2D eigenvalue weighted by atomic mass is 10.1. The highest BCUT2D eigenvalue weighted by Gasteiger charge is 2.11. The van der Waals surface area contributed by atoms with Crippen molar-refractivity contribution in [3.63, 3.8) is 0 Å². The van der Waals surface area contributed by atoms with Crippen molar-refractivity contribution in [2.45, 2.75) is 16.6 Å². The number of nitrogens with two attached hydrogens (primary N) is 1. The molecule has 0 saturated carbocycles. The van der Waals surface area contributed by atoms with Gasteiger partial charge in [0.2, 0.25) is 0 Å². The Hall–Kier alpha value is -1.92. The van der Waals surface area contributed by atoms with Crippen LogP contribution in [0.4, 0.5) is 0 Å². The molecule has 0 amide bonds. The van der Waals surface area contributed by atoms with Gasteiger partial charge < -0.3 is 10.3 Å². The SMILES string of the molecule is Cn1cnnc1Sc1nc2ccccc2cc1CCN. The molecule has 0 spiro atoms. The maximum atomic E-state index is 5.71. The molecule has 2 aromatic heterocycles. The molecule has 0 radical (unpaired) electrons. The summed E-state index contributed by atoms with van der Waals surface area (Å²) in [4.78, 5) is 4.74. The quantitative estimate of drug-likeness (QED) is 0.794. The number of aromatic nitrogens is 4. The van der Waals surface area contributed by atoms with Crippen molar-refractivity contribution < 1.29 is 0 Å². The molecule has 2 heterocycles. The third-order valence-corrected chi connectivity index (χ3v) is 4.13. The lowest BCUT2D eigenvalue weighted by Gasteiger charge is -2.09. The Balaban J connectivity index is 2.07. The maximum Gasteiger partial charge on any atom is 0.197 e. The lowest BCUT2D eigenvalue weighted by Crippen LogP contribution is -2.05. The van der Waals surface area contributed by atoms with Crippen molar-refractivity contribution in [2.75, 3.05) is 6.54 Å². The van der Waals surface area contributed by atoms with Crippen LogP contribution in [0.2, 0.25) is 0 Å². The van der Waals surface area contributed by atoms with Gasteiger partial charge in [-0.1, -0.05) is 18.2 Å². The van der Waals surface area contributed by atoms with E-state index in [9.17, 15) is 0 Å². The van der Waals surface area contributed by atoms with Crippen LogP contribution in [0.25, 0.3) is 10.9 Å². The number of pyridine rings is 1. The molecule has 3 rings (SSSR count). The van der Waals surface area contributed by atoms with Gasteiger partial charge in [0.1, 0.15) is 11.4 Å². The molecule has 1 aromatic carbocycles. The van der Waals surface area contributed by atoms with E-state index in [-0.39, 0.29) is 0 Å². The zero-order valence-electron chi connectivity index (χ0n) is 11.2. The Bertz CT molecular complexity index is 737. The van der Waals surface area contributed by atoms with E-state index in [1.807, 2.05) is 29.8 Å². The minimum Gasteiger partial charge on any atom is -0.330 e. The van der Waals surface area contributed by atoms with Crippen molar-refractivity contribution >= 4 is 22.7 Å². The summed E-state index contributed by atoms with van der Waals surface area (Å²) in [5.41, 5.74) is 7.84. The van der Waals surface area contributed by atoms with E-state index in [2.05, 4.69) is 22.3 Å². The predicted octanol–water partition coefficient (Wildman–Crippen LogP) is 2.02. The fourth-order valence-corrected chi connectivity index (χ4v) is 2.90. The topological polar surface area (TPSA) is 69.6 Å². The number of hydrogen-bond donors (Lipinski definition) is 1. The number of hydrogen-bond acceptors (Lipinski definition) is 5. The van der Waals surface area contributed by atoms with Crippen LogP contribution in [0.3, 0.4) is 0 Å². The van der Waals surface area contributed by atoms with Crippen LogP contribution in [0, 0.1) is 0 Å². The number of para-hydroxylation sites is 1. The first-order valence-corrected chi connectivity index (χ1v) is 7.20. The second-order valence-electron chi connectivity index (χ2n) is 4.51. The van der Waals surface area contributed by atoms with Gasteiger partial charge in [-0.15, -0.1) is 10.2 Å². The van der Waals surface area contributed by atoms with Gasteiger partial charge in [-0.25, -0.2) is 4.98 Å². The summed E-state index contributed by atoms with van der Waals surface area (Å²) in [5, 5.41) is 10.9. The molecule has 0 aliphatic rings. The highest BCUT2D eigenvalue weighted by atomic mass is 32.2. The molecular weight excluding hydrogens is 270 g/mol. The van der Waals surface area contributed by atoms with Gasteiger partial charge in [0, 0.05) is 12.4 Å². The van der Waals surface area contributed by atoms with Crippen molar-refractivity contribution in [3.05, 3.63) is 42.2 Å². The van der Waals surface area contributed by atoms with Crippen LogP contribution in [0.5, 0.6) is 0 Å². The zero-order valence-corrected chi connectivity index (χ0v) is 12.0. The molecule has 0 bridgehead atoms. The van der Waals surface area contributed by atoms with E-state index in [4.69, 9.17) is 10.7 Å². The Labute approximate surface area is 121 Å². The van der Waals surface area contributed by atoms with Crippen LogP contribution in [-0.4, -0.2) is 26.3 Å². The second-order valence-corrected chi connectivity index (χ2v) is 5.47. The van der Waals surface area contributed by atoms with Crippen LogP contribution in [0.1, 0.15) is 5.56 Å². The number of rotatable bonds is 4. The number of aryl methyl sites for hydroxylation is 1. The monoisotopic (exact) mass is 285 g/mol. The van der Waals surface area contributed by atoms with Gasteiger partial charge in [-0.05, 0) is 42.4 Å². The van der Waals surface area contributed by atoms with Gasteiger partial charge in [0.15, 0.2) is 5.16 Å². The Morgan fingerprint density at radius 1 is 1.30 bits per heavy atom. The largest absolute Gasteiger partial charge is 0.330 e. The maximum absolute atomic E-state index is 5.71. The van der Waals surface area contributed by atoms with Gasteiger partial charge in [-0.3, -0.25) is 0 Å². The normalized spacial score (nSPS) is 11.1. The molecule has 6 heteroatoms. The van der Waals surface area contributed by atoms with E-state index < -0.39 is 0 Å². The summed E-state index contributed by atoms with van der Waals surface area (Å²) < 4.78 is 1.88. The first-order valence-electron chi connectivity index (χ1n) is 6.38.